The second-order valence-electron chi connectivity index (χ2n) is 18.3. The van der Waals surface area contributed by atoms with Crippen LogP contribution in [0.1, 0.15) is 55.6 Å². The molecule has 82 heavy (non-hydrogen) atoms. The number of hydrogen-bond acceptors (Lipinski definition) is 1. The molecule has 1 heterocycles. The summed E-state index contributed by atoms with van der Waals surface area (Å²) in [6.45, 7) is 0.803. The molecule has 1 aromatic heterocycles. The summed E-state index contributed by atoms with van der Waals surface area (Å²) in [5.74, 6) is 0. The Morgan fingerprint density at radius 3 is 0.915 bits per heavy atom. The van der Waals surface area contributed by atoms with Crippen LogP contribution in [0.3, 0.4) is 0 Å². The third kappa shape index (κ3) is 13.4. The molecule has 8 aromatic rings. The molecule has 0 unspecified atom stereocenters. The first-order valence-corrected chi connectivity index (χ1v) is 22.9. The van der Waals surface area contributed by atoms with Crippen molar-refractivity contribution in [2.45, 2.75) is 56.0 Å². The monoisotopic (exact) mass is 1180 g/mol. The summed E-state index contributed by atoms with van der Waals surface area (Å²) >= 11 is 0. The lowest BCUT2D eigenvalue weighted by Gasteiger charge is -2.46. The number of nitriles is 1. The van der Waals surface area contributed by atoms with Gasteiger partial charge in [0.05, 0.1) is 56.1 Å². The van der Waals surface area contributed by atoms with Crippen LogP contribution < -0.4 is 26.4 Å². The lowest BCUT2D eigenvalue weighted by Crippen LogP contribution is -2.75. The van der Waals surface area contributed by atoms with Crippen molar-refractivity contribution in [2.24, 2.45) is 0 Å². The van der Waals surface area contributed by atoms with E-state index < -0.39 is 195 Å². The molecule has 0 atom stereocenters. The van der Waals surface area contributed by atoms with E-state index in [0.717, 1.165) is 17.8 Å². The Kier molecular flexibility index (Phi) is 16.2. The number of alkyl halides is 24. The number of aromatic nitrogens is 1. The van der Waals surface area contributed by atoms with E-state index in [1.165, 1.54) is 16.5 Å². The molecule has 0 saturated carbocycles. The van der Waals surface area contributed by atoms with Gasteiger partial charge in [0.25, 0.3) is 0 Å². The van der Waals surface area contributed by atoms with Crippen molar-refractivity contribution in [2.75, 3.05) is 0 Å². The third-order valence-electron chi connectivity index (χ3n) is 12.9. The van der Waals surface area contributed by atoms with Gasteiger partial charge in [-0.2, -0.15) is 137 Å². The first-order chi connectivity index (χ1) is 37.6. The third-order valence-corrected chi connectivity index (χ3v) is 12.9. The molecule has 0 bridgehead atoms. The fourth-order valence-corrected chi connectivity index (χ4v) is 9.24. The summed E-state index contributed by atoms with van der Waals surface area (Å²) in [7, 11) is 0. The standard InChI is InChI=1S/C32H12BF24.C23H17N2/c34-25(35,36)13-1-14(26(37,38)39)6-21(5-13)33(22-7-15(27(40,41)42)2-16(8-22)28(43,44)45,23-9-17(29(46,47)48)3-18(10-23)30(49,50)51)24-11-19(31(52,53)54)4-20(12-24)32(55,56)57;24-16-18-10-12-21(13-11-18)23-15-14-20-8-4-5-9-22(20)25(23)17-19-6-2-1-3-7-19/h1-12H;1-15H,17H2/q-1;+1. The number of rotatable bonds is 7. The lowest BCUT2D eigenvalue weighted by molar-refractivity contribution is -0.651. The van der Waals surface area contributed by atoms with Gasteiger partial charge in [-0.15, -0.1) is 0 Å². The lowest BCUT2D eigenvalue weighted by atomic mass is 9.12. The number of pyridine rings is 1. The van der Waals surface area contributed by atoms with Gasteiger partial charge in [-0.25, -0.2) is 0 Å². The van der Waals surface area contributed by atoms with Gasteiger partial charge in [-0.1, -0.05) is 91.0 Å². The Labute approximate surface area is 446 Å². The number of hydrogen-bond donors (Lipinski definition) is 0. The average molecular weight is 1180 g/mol. The van der Waals surface area contributed by atoms with Crippen molar-refractivity contribution in [1.82, 2.24) is 0 Å². The maximum Gasteiger partial charge on any atom is 0.416 e. The maximum atomic E-state index is 14.2. The van der Waals surface area contributed by atoms with Gasteiger partial charge in [-0.3, -0.25) is 0 Å². The number of para-hydroxylation sites is 1. The van der Waals surface area contributed by atoms with Crippen LogP contribution in [-0.4, -0.2) is 6.15 Å². The second kappa shape index (κ2) is 21.6. The van der Waals surface area contributed by atoms with Gasteiger partial charge in [0.2, 0.25) is 11.2 Å². The van der Waals surface area contributed by atoms with Crippen LogP contribution in [0.4, 0.5) is 105 Å². The Bertz CT molecular complexity index is 3230. The molecule has 0 aliphatic heterocycles. The smallest absolute Gasteiger partial charge is 0.194 e. The maximum absolute atomic E-state index is 14.2. The predicted octanol–water partition coefficient (Wildman–Crippen LogP) is 15.9. The molecule has 8 rings (SSSR count). The molecule has 0 aliphatic rings. The first-order valence-electron chi connectivity index (χ1n) is 22.9. The molecule has 0 fully saturated rings. The number of fused-ring (bicyclic) bond motifs is 1. The van der Waals surface area contributed by atoms with E-state index in [2.05, 4.69) is 71.3 Å². The predicted molar refractivity (Wildman–Crippen MR) is 250 cm³/mol. The molecular formula is C55H29BF24N2. The molecule has 0 saturated heterocycles. The van der Waals surface area contributed by atoms with Crippen LogP contribution in [-0.2, 0) is 56.0 Å². The summed E-state index contributed by atoms with van der Waals surface area (Å²) in [4.78, 5) is 0. The summed E-state index contributed by atoms with van der Waals surface area (Å²) in [5.41, 5.74) is -24.8. The number of benzene rings is 7. The van der Waals surface area contributed by atoms with Crippen LogP contribution in [0.15, 0.2) is 164 Å². The highest BCUT2D eigenvalue weighted by Crippen LogP contribution is 2.41. The van der Waals surface area contributed by atoms with Gasteiger partial charge >= 0.3 is 49.4 Å². The summed E-state index contributed by atoms with van der Waals surface area (Å²) in [5, 5.41) is 10.3. The largest absolute Gasteiger partial charge is 0.416 e. The van der Waals surface area contributed by atoms with Crippen LogP contribution in [0.25, 0.3) is 22.2 Å². The van der Waals surface area contributed by atoms with E-state index in [1.54, 1.807) is 0 Å². The molecule has 2 nitrogen and oxygen atoms in total. The average Bonchev–Trinajstić information content (AvgIpc) is 3.37. The Morgan fingerprint density at radius 1 is 0.329 bits per heavy atom. The Hall–Kier alpha value is -8.18. The highest BCUT2D eigenvalue weighted by Gasteiger charge is 2.47. The van der Waals surface area contributed by atoms with Crippen LogP contribution in [0.2, 0.25) is 0 Å². The Balaban J connectivity index is 0.000000318. The second-order valence-corrected chi connectivity index (χ2v) is 18.3. The van der Waals surface area contributed by atoms with Crippen molar-refractivity contribution in [3.63, 3.8) is 0 Å². The van der Waals surface area contributed by atoms with E-state index in [9.17, 15) is 105 Å². The van der Waals surface area contributed by atoms with E-state index in [4.69, 9.17) is 5.26 Å². The van der Waals surface area contributed by atoms with Gasteiger partial charge < -0.3 is 0 Å². The molecule has 0 N–H and O–H groups in total. The minimum Gasteiger partial charge on any atom is -0.194 e. The zero-order valence-corrected chi connectivity index (χ0v) is 40.3. The van der Waals surface area contributed by atoms with E-state index in [1.807, 2.05) is 30.3 Å². The van der Waals surface area contributed by atoms with Crippen molar-refractivity contribution in [3.05, 3.63) is 219 Å². The molecule has 7 aromatic carbocycles. The van der Waals surface area contributed by atoms with Crippen molar-refractivity contribution in [1.29, 1.82) is 5.26 Å². The molecule has 27 heteroatoms. The minimum absolute atomic E-state index is 0.680. The van der Waals surface area contributed by atoms with Crippen LogP contribution in [0.5, 0.6) is 0 Å². The zero-order chi connectivity index (χ0) is 61.0. The quantitative estimate of drug-likeness (QED) is 0.0888. The molecule has 0 spiro atoms. The fourth-order valence-electron chi connectivity index (χ4n) is 9.24. The first kappa shape index (κ1) is 61.4. The highest BCUT2D eigenvalue weighted by atomic mass is 19.4. The topological polar surface area (TPSA) is 27.7 Å². The van der Waals surface area contributed by atoms with Gasteiger partial charge in [0.15, 0.2) is 6.54 Å². The van der Waals surface area contributed by atoms with Crippen LogP contribution in [0, 0.1) is 11.3 Å². The van der Waals surface area contributed by atoms with Gasteiger partial charge in [-0.05, 0) is 60.7 Å². The van der Waals surface area contributed by atoms with Crippen molar-refractivity contribution < 1.29 is 110 Å². The molecule has 0 amide bonds. The van der Waals surface area contributed by atoms with E-state index in [-0.39, 0.29) is 0 Å². The molecular weight excluding hydrogens is 1160 g/mol. The van der Waals surface area contributed by atoms with Crippen LogP contribution >= 0.6 is 0 Å². The Morgan fingerprint density at radius 2 is 0.622 bits per heavy atom. The van der Waals surface area contributed by atoms with Gasteiger partial charge in [0, 0.05) is 28.6 Å². The molecule has 0 radical (unpaired) electrons. The summed E-state index contributed by atoms with van der Waals surface area (Å²) in [6, 6.07) is 24.4. The SMILES string of the molecule is FC(F)(F)c1cc([B-](c2cc(C(F)(F)F)cc(C(F)(F)F)c2)(c2cc(C(F)(F)F)cc(C(F)(F)F)c2)c2cc(C(F)(F)F)cc(C(F)(F)F)c2)cc(C(F)(F)F)c1.N#Cc1ccc(-c2ccc3ccccc3[n+]2Cc2ccccc2)cc1. The van der Waals surface area contributed by atoms with Crippen molar-refractivity contribution >= 4 is 38.9 Å². The summed E-state index contributed by atoms with van der Waals surface area (Å²) < 4.78 is 343. The number of nitrogens with zero attached hydrogens (tertiary/aromatic N) is 2. The minimum atomic E-state index is -6.13. The van der Waals surface area contributed by atoms with E-state index in [0.29, 0.717) is 5.56 Å². The molecule has 430 valence electrons. The normalized spacial score (nSPS) is 13.2. The van der Waals surface area contributed by atoms with Gasteiger partial charge in [0.1, 0.15) is 6.15 Å². The molecule has 0 aliphatic carbocycles. The van der Waals surface area contributed by atoms with E-state index >= 15 is 0 Å². The fraction of sp³-hybridized carbons (Fsp3) is 0.164. The van der Waals surface area contributed by atoms with Crippen molar-refractivity contribution in [3.8, 4) is 17.3 Å². The number of halogens is 24. The summed E-state index contributed by atoms with van der Waals surface area (Å²) in [6.07, 6.45) is -54.8. The highest BCUT2D eigenvalue weighted by molar-refractivity contribution is 7.20. The zero-order valence-electron chi connectivity index (χ0n) is 40.3.